The van der Waals surface area contributed by atoms with E-state index >= 15 is 0 Å². The van der Waals surface area contributed by atoms with Gasteiger partial charge in [-0.3, -0.25) is 4.79 Å². The topological polar surface area (TPSA) is 50.4 Å². The molecule has 0 unspecified atom stereocenters. The van der Waals surface area contributed by atoms with E-state index in [0.717, 1.165) is 17.9 Å². The van der Waals surface area contributed by atoms with Crippen molar-refractivity contribution < 1.29 is 9.53 Å². The summed E-state index contributed by atoms with van der Waals surface area (Å²) < 4.78 is 5.53. The number of benzene rings is 1. The zero-order chi connectivity index (χ0) is 14.3. The fraction of sp³-hybridized carbons (Fsp3) is 0.429. The minimum Gasteiger partial charge on any atom is -0.494 e. The molecule has 0 heterocycles. The zero-order valence-electron chi connectivity index (χ0n) is 11.5. The minimum atomic E-state index is -0.101. The molecule has 0 aromatic heterocycles. The van der Waals surface area contributed by atoms with E-state index in [1.807, 2.05) is 38.1 Å². The Kier molecular flexibility index (Phi) is 6.29. The third-order valence-electron chi connectivity index (χ3n) is 2.33. The highest BCUT2D eigenvalue weighted by Gasteiger charge is 2.08. The SMILES string of the molecule is CCCOc1cccc(NC(=S)NC(=O)C(C)C)c1. The summed E-state index contributed by atoms with van der Waals surface area (Å²) in [6.45, 7) is 6.37. The molecule has 0 aliphatic carbocycles. The third-order valence-corrected chi connectivity index (χ3v) is 2.53. The summed E-state index contributed by atoms with van der Waals surface area (Å²) in [7, 11) is 0. The lowest BCUT2D eigenvalue weighted by molar-refractivity contribution is -0.122. The summed E-state index contributed by atoms with van der Waals surface area (Å²) in [4.78, 5) is 11.5. The first kappa shape index (κ1) is 15.4. The molecule has 0 aliphatic heterocycles. The molecular formula is C14H20N2O2S. The number of thiocarbonyl (C=S) groups is 1. The molecule has 5 heteroatoms. The molecule has 0 saturated heterocycles. The third kappa shape index (κ3) is 5.70. The van der Waals surface area contributed by atoms with Crippen molar-refractivity contribution in [1.82, 2.24) is 5.32 Å². The Bertz CT molecular complexity index is 447. The average molecular weight is 280 g/mol. The molecule has 0 spiro atoms. The second kappa shape index (κ2) is 7.74. The Labute approximate surface area is 119 Å². The number of hydrogen-bond donors (Lipinski definition) is 2. The van der Waals surface area contributed by atoms with Crippen LogP contribution in [0.15, 0.2) is 24.3 Å². The lowest BCUT2D eigenvalue weighted by Gasteiger charge is -2.12. The van der Waals surface area contributed by atoms with Gasteiger partial charge in [0.15, 0.2) is 5.11 Å². The van der Waals surface area contributed by atoms with Crippen molar-refractivity contribution in [3.63, 3.8) is 0 Å². The molecular weight excluding hydrogens is 260 g/mol. The van der Waals surface area contributed by atoms with Crippen LogP contribution in [0.4, 0.5) is 5.69 Å². The van der Waals surface area contributed by atoms with E-state index in [0.29, 0.717) is 11.7 Å². The molecule has 0 fully saturated rings. The van der Waals surface area contributed by atoms with E-state index in [1.165, 1.54) is 0 Å². The molecule has 1 aromatic rings. The van der Waals surface area contributed by atoms with Gasteiger partial charge in [0, 0.05) is 17.7 Å². The van der Waals surface area contributed by atoms with Gasteiger partial charge in [0.2, 0.25) is 5.91 Å². The minimum absolute atomic E-state index is 0.0982. The zero-order valence-corrected chi connectivity index (χ0v) is 12.3. The molecule has 0 aliphatic rings. The molecule has 0 bridgehead atoms. The second-order valence-corrected chi connectivity index (χ2v) is 4.88. The van der Waals surface area contributed by atoms with Crippen molar-refractivity contribution in [2.75, 3.05) is 11.9 Å². The van der Waals surface area contributed by atoms with Gasteiger partial charge in [-0.1, -0.05) is 26.8 Å². The van der Waals surface area contributed by atoms with Crippen LogP contribution in [0, 0.1) is 5.92 Å². The van der Waals surface area contributed by atoms with Gasteiger partial charge in [0.25, 0.3) is 0 Å². The Hall–Kier alpha value is -1.62. The highest BCUT2D eigenvalue weighted by atomic mass is 32.1. The lowest BCUT2D eigenvalue weighted by atomic mass is 10.2. The quantitative estimate of drug-likeness (QED) is 0.814. The van der Waals surface area contributed by atoms with Gasteiger partial charge in [-0.15, -0.1) is 0 Å². The molecule has 1 amide bonds. The van der Waals surface area contributed by atoms with E-state index in [1.54, 1.807) is 0 Å². The van der Waals surface area contributed by atoms with Crippen molar-refractivity contribution in [3.05, 3.63) is 24.3 Å². The smallest absolute Gasteiger partial charge is 0.228 e. The van der Waals surface area contributed by atoms with Gasteiger partial charge >= 0.3 is 0 Å². The van der Waals surface area contributed by atoms with E-state index in [4.69, 9.17) is 17.0 Å². The lowest BCUT2D eigenvalue weighted by Crippen LogP contribution is -2.36. The maximum absolute atomic E-state index is 11.5. The summed E-state index contributed by atoms with van der Waals surface area (Å²) in [6.07, 6.45) is 0.959. The van der Waals surface area contributed by atoms with Crippen molar-refractivity contribution >= 4 is 28.9 Å². The summed E-state index contributed by atoms with van der Waals surface area (Å²) in [5.74, 6) is 0.583. The number of carbonyl (C=O) groups excluding carboxylic acids is 1. The first-order chi connectivity index (χ1) is 9.02. The van der Waals surface area contributed by atoms with E-state index < -0.39 is 0 Å². The monoisotopic (exact) mass is 280 g/mol. The van der Waals surface area contributed by atoms with E-state index in [9.17, 15) is 4.79 Å². The number of rotatable bonds is 5. The molecule has 1 rings (SSSR count). The van der Waals surface area contributed by atoms with E-state index in [2.05, 4.69) is 17.6 Å². The maximum atomic E-state index is 11.5. The van der Waals surface area contributed by atoms with E-state index in [-0.39, 0.29) is 11.8 Å². The molecule has 104 valence electrons. The second-order valence-electron chi connectivity index (χ2n) is 4.47. The van der Waals surface area contributed by atoms with Gasteiger partial charge in [-0.2, -0.15) is 0 Å². The number of nitrogens with one attached hydrogen (secondary N) is 2. The standard InChI is InChI=1S/C14H20N2O2S/c1-4-8-18-12-7-5-6-11(9-12)15-14(19)16-13(17)10(2)3/h5-7,9-10H,4,8H2,1-3H3,(H2,15,16,17,19). The van der Waals surface area contributed by atoms with Crippen molar-refractivity contribution in [2.24, 2.45) is 5.92 Å². The van der Waals surface area contributed by atoms with Crippen molar-refractivity contribution in [2.45, 2.75) is 27.2 Å². The van der Waals surface area contributed by atoms with Gasteiger partial charge in [-0.05, 0) is 30.8 Å². The summed E-state index contributed by atoms with van der Waals surface area (Å²) >= 11 is 5.08. The molecule has 0 atom stereocenters. The highest BCUT2D eigenvalue weighted by molar-refractivity contribution is 7.80. The number of hydrogen-bond acceptors (Lipinski definition) is 3. The number of carbonyl (C=O) groups is 1. The fourth-order valence-electron chi connectivity index (χ4n) is 1.30. The van der Waals surface area contributed by atoms with Crippen LogP contribution in [0.25, 0.3) is 0 Å². The van der Waals surface area contributed by atoms with Crippen LogP contribution in [-0.4, -0.2) is 17.6 Å². The van der Waals surface area contributed by atoms with Crippen LogP contribution in [0.2, 0.25) is 0 Å². The molecule has 2 N–H and O–H groups in total. The number of anilines is 1. The van der Waals surface area contributed by atoms with Crippen LogP contribution in [0.1, 0.15) is 27.2 Å². The van der Waals surface area contributed by atoms with Gasteiger partial charge in [-0.25, -0.2) is 0 Å². The molecule has 0 saturated carbocycles. The van der Waals surface area contributed by atoms with Crippen molar-refractivity contribution in [1.29, 1.82) is 0 Å². The Balaban J connectivity index is 2.56. The van der Waals surface area contributed by atoms with Gasteiger partial charge in [0.1, 0.15) is 5.75 Å². The Morgan fingerprint density at radius 2 is 2.16 bits per heavy atom. The number of ether oxygens (including phenoxy) is 1. The Morgan fingerprint density at radius 3 is 2.79 bits per heavy atom. The predicted molar refractivity (Wildman–Crippen MR) is 81.4 cm³/mol. The number of amides is 1. The fourth-order valence-corrected chi connectivity index (χ4v) is 1.52. The van der Waals surface area contributed by atoms with Crippen LogP contribution in [0.5, 0.6) is 5.75 Å². The molecule has 19 heavy (non-hydrogen) atoms. The van der Waals surface area contributed by atoms with Gasteiger partial charge < -0.3 is 15.4 Å². The molecule has 0 radical (unpaired) electrons. The maximum Gasteiger partial charge on any atom is 0.228 e. The first-order valence-corrected chi connectivity index (χ1v) is 6.78. The van der Waals surface area contributed by atoms with Gasteiger partial charge in [0.05, 0.1) is 6.61 Å². The summed E-state index contributed by atoms with van der Waals surface area (Å²) in [6, 6.07) is 7.48. The average Bonchev–Trinajstić information content (AvgIpc) is 2.36. The normalized spacial score (nSPS) is 10.1. The molecule has 1 aromatic carbocycles. The van der Waals surface area contributed by atoms with Crippen molar-refractivity contribution in [3.8, 4) is 5.75 Å². The van der Waals surface area contributed by atoms with Crippen LogP contribution in [-0.2, 0) is 4.79 Å². The first-order valence-electron chi connectivity index (χ1n) is 6.37. The highest BCUT2D eigenvalue weighted by Crippen LogP contribution is 2.17. The van der Waals surface area contributed by atoms with Crippen LogP contribution in [0.3, 0.4) is 0 Å². The van der Waals surface area contributed by atoms with Crippen LogP contribution < -0.4 is 15.4 Å². The summed E-state index contributed by atoms with van der Waals surface area (Å²) in [5, 5.41) is 5.89. The van der Waals surface area contributed by atoms with Crippen LogP contribution >= 0.6 is 12.2 Å². The largest absolute Gasteiger partial charge is 0.494 e. The predicted octanol–water partition coefficient (Wildman–Crippen LogP) is 2.94. The molecule has 4 nitrogen and oxygen atoms in total. The Morgan fingerprint density at radius 1 is 1.42 bits per heavy atom. The summed E-state index contributed by atoms with van der Waals surface area (Å²) in [5.41, 5.74) is 0.794.